The fourth-order valence-electron chi connectivity index (χ4n) is 1.82. The molecule has 1 rings (SSSR count). The SMILES string of the molecule is C=CC(=O)N1CC(C)N([N+]([O-])=NO)CC1C.[Na+]. The Hall–Kier alpha value is -0.790. The Morgan fingerprint density at radius 1 is 1.53 bits per heavy atom. The van der Waals surface area contributed by atoms with E-state index in [0.29, 0.717) is 13.1 Å². The van der Waals surface area contributed by atoms with Gasteiger partial charge >= 0.3 is 29.6 Å². The van der Waals surface area contributed by atoms with E-state index in [-0.39, 0.29) is 52.5 Å². The molecule has 0 bridgehead atoms. The van der Waals surface area contributed by atoms with Crippen LogP contribution in [0.5, 0.6) is 0 Å². The van der Waals surface area contributed by atoms with Gasteiger partial charge < -0.3 is 15.3 Å². The Labute approximate surface area is 122 Å². The largest absolute Gasteiger partial charge is 1.00 e. The van der Waals surface area contributed by atoms with Crippen LogP contribution >= 0.6 is 0 Å². The van der Waals surface area contributed by atoms with E-state index in [1.807, 2.05) is 6.92 Å². The predicted molar refractivity (Wildman–Crippen MR) is 55.4 cm³/mol. The normalized spacial score (nSPS) is 25.2. The van der Waals surface area contributed by atoms with E-state index in [1.54, 1.807) is 11.8 Å². The average molecular weight is 251 g/mol. The van der Waals surface area contributed by atoms with Crippen LogP contribution in [-0.4, -0.2) is 51.2 Å². The molecule has 0 saturated carbocycles. The summed E-state index contributed by atoms with van der Waals surface area (Å²) in [6.07, 6.45) is 1.25. The third-order valence-electron chi connectivity index (χ3n) is 2.71. The van der Waals surface area contributed by atoms with Crippen LogP contribution in [0.3, 0.4) is 0 Å². The molecule has 1 saturated heterocycles. The molecule has 0 aliphatic carbocycles. The third-order valence-corrected chi connectivity index (χ3v) is 2.71. The molecule has 1 fully saturated rings. The van der Waals surface area contributed by atoms with Crippen molar-refractivity contribution in [2.75, 3.05) is 13.1 Å². The second kappa shape index (κ2) is 6.83. The van der Waals surface area contributed by atoms with E-state index in [9.17, 15) is 10.0 Å². The zero-order valence-corrected chi connectivity index (χ0v) is 12.4. The van der Waals surface area contributed by atoms with E-state index < -0.39 is 0 Å². The molecular weight excluding hydrogens is 235 g/mol. The second-order valence-electron chi connectivity index (χ2n) is 3.86. The zero-order chi connectivity index (χ0) is 12.3. The molecule has 7 nitrogen and oxygen atoms in total. The standard InChI is InChI=1S/C9H16N4O3.Na/c1-4-9(14)11-5-8(3)12(6-7(11)2)13(16)10-15;/h4,7-8,15H,1,5-6H2,2-3H3;/q;+1. The van der Waals surface area contributed by atoms with Gasteiger partial charge in [-0.1, -0.05) is 6.58 Å². The minimum Gasteiger partial charge on any atom is -0.569 e. The van der Waals surface area contributed by atoms with Crippen molar-refractivity contribution >= 4 is 5.91 Å². The molecule has 1 aliphatic rings. The van der Waals surface area contributed by atoms with Gasteiger partial charge in [-0.05, 0) is 19.9 Å². The second-order valence-corrected chi connectivity index (χ2v) is 3.86. The predicted octanol–water partition coefficient (Wildman–Crippen LogP) is -2.64. The summed E-state index contributed by atoms with van der Waals surface area (Å²) in [5.41, 5.74) is 0. The molecule has 1 amide bonds. The molecule has 0 aromatic carbocycles. The van der Waals surface area contributed by atoms with Crippen molar-refractivity contribution in [3.05, 3.63) is 17.9 Å². The number of nitrogens with zero attached hydrogens (tertiary/aromatic N) is 4. The van der Waals surface area contributed by atoms with Gasteiger partial charge in [0.05, 0.1) is 17.6 Å². The van der Waals surface area contributed by atoms with Crippen LogP contribution in [0.2, 0.25) is 0 Å². The first-order chi connectivity index (χ1) is 7.51. The van der Waals surface area contributed by atoms with Crippen LogP contribution in [0.4, 0.5) is 0 Å². The first-order valence-electron chi connectivity index (χ1n) is 5.03. The summed E-state index contributed by atoms with van der Waals surface area (Å²) in [6.45, 7) is 7.77. The summed E-state index contributed by atoms with van der Waals surface area (Å²) < 4.78 is 0. The maximum Gasteiger partial charge on any atom is 1.00 e. The Morgan fingerprint density at radius 2 is 2.12 bits per heavy atom. The molecule has 1 N–H and O–H groups in total. The maximum absolute atomic E-state index is 11.5. The molecule has 0 aromatic rings. The molecule has 2 atom stereocenters. The van der Waals surface area contributed by atoms with Crippen molar-refractivity contribution < 1.29 is 44.5 Å². The number of hydrazine groups is 1. The van der Waals surface area contributed by atoms with Crippen molar-refractivity contribution in [1.82, 2.24) is 9.91 Å². The van der Waals surface area contributed by atoms with Gasteiger partial charge in [0.15, 0.2) is 0 Å². The summed E-state index contributed by atoms with van der Waals surface area (Å²) in [6, 6.07) is -0.326. The maximum atomic E-state index is 11.5. The number of rotatable bonds is 2. The quantitative estimate of drug-likeness (QED) is 0.191. The van der Waals surface area contributed by atoms with E-state index in [4.69, 9.17) is 5.21 Å². The van der Waals surface area contributed by atoms with Crippen molar-refractivity contribution in [1.29, 1.82) is 0 Å². The number of carbonyl (C=O) groups is 1. The summed E-state index contributed by atoms with van der Waals surface area (Å²) in [5.74, 6) is -0.155. The fraction of sp³-hybridized carbons (Fsp3) is 0.667. The summed E-state index contributed by atoms with van der Waals surface area (Å²) in [4.78, 5) is 13.3. The number of amides is 1. The summed E-state index contributed by atoms with van der Waals surface area (Å²) in [5, 5.41) is 23.5. The third kappa shape index (κ3) is 3.58. The van der Waals surface area contributed by atoms with Gasteiger partial charge in [0.25, 0.3) is 0 Å². The smallest absolute Gasteiger partial charge is 0.569 e. The molecule has 90 valence electrons. The minimum absolute atomic E-state index is 0. The zero-order valence-electron chi connectivity index (χ0n) is 10.4. The molecule has 0 radical (unpaired) electrons. The summed E-state index contributed by atoms with van der Waals surface area (Å²) >= 11 is 0. The van der Waals surface area contributed by atoms with Gasteiger partial charge in [0.2, 0.25) is 11.2 Å². The molecule has 1 heterocycles. The molecular formula is C9H16N4NaO3+. The van der Waals surface area contributed by atoms with Crippen molar-refractivity contribution in [3.63, 3.8) is 0 Å². The van der Waals surface area contributed by atoms with Crippen LogP contribution in [0.25, 0.3) is 0 Å². The Kier molecular flexibility index (Phi) is 6.51. The van der Waals surface area contributed by atoms with Gasteiger partial charge in [-0.2, -0.15) is 0 Å². The van der Waals surface area contributed by atoms with Gasteiger partial charge in [0.1, 0.15) is 6.04 Å². The van der Waals surface area contributed by atoms with E-state index >= 15 is 0 Å². The van der Waals surface area contributed by atoms with Gasteiger partial charge in [-0.25, -0.2) is 0 Å². The summed E-state index contributed by atoms with van der Waals surface area (Å²) in [7, 11) is 0. The van der Waals surface area contributed by atoms with Gasteiger partial charge in [-0.15, -0.1) is 5.01 Å². The molecule has 8 heteroatoms. The average Bonchev–Trinajstić information content (AvgIpc) is 2.29. The fourth-order valence-corrected chi connectivity index (χ4v) is 1.82. The van der Waals surface area contributed by atoms with Crippen LogP contribution in [0.15, 0.2) is 17.9 Å². The molecule has 2 unspecified atom stereocenters. The number of hydrogen-bond acceptors (Lipinski definition) is 3. The van der Waals surface area contributed by atoms with Crippen molar-refractivity contribution in [2.24, 2.45) is 5.28 Å². The number of carbonyl (C=O) groups excluding carboxylic acids is 1. The molecule has 0 aromatic heterocycles. The van der Waals surface area contributed by atoms with E-state index in [0.717, 1.165) is 0 Å². The van der Waals surface area contributed by atoms with Gasteiger partial charge in [0, 0.05) is 6.54 Å². The molecule has 17 heavy (non-hydrogen) atoms. The van der Waals surface area contributed by atoms with E-state index in [1.165, 1.54) is 11.1 Å². The van der Waals surface area contributed by atoms with Crippen molar-refractivity contribution in [3.8, 4) is 0 Å². The van der Waals surface area contributed by atoms with Crippen LogP contribution in [-0.2, 0) is 4.79 Å². The molecule has 0 spiro atoms. The van der Waals surface area contributed by atoms with Gasteiger partial charge in [-0.3, -0.25) is 4.79 Å². The van der Waals surface area contributed by atoms with Crippen LogP contribution in [0, 0.1) is 5.21 Å². The monoisotopic (exact) mass is 251 g/mol. The Bertz CT molecular complexity index is 309. The first-order valence-corrected chi connectivity index (χ1v) is 5.03. The van der Waals surface area contributed by atoms with Crippen LogP contribution in [0.1, 0.15) is 13.8 Å². The Morgan fingerprint density at radius 3 is 2.59 bits per heavy atom. The Balaban J connectivity index is 0.00000256. The first kappa shape index (κ1) is 16.2. The number of piperazine rings is 1. The minimum atomic E-state index is -0.200. The van der Waals surface area contributed by atoms with E-state index in [2.05, 4.69) is 11.9 Å². The van der Waals surface area contributed by atoms with Crippen LogP contribution < -0.4 is 29.6 Å². The molecule has 1 aliphatic heterocycles. The van der Waals surface area contributed by atoms with Crippen molar-refractivity contribution in [2.45, 2.75) is 25.9 Å². The topological polar surface area (TPSA) is 82.2 Å². The number of hydrogen-bond donors (Lipinski definition) is 1.